The minimum atomic E-state index is -0.818. The van der Waals surface area contributed by atoms with Gasteiger partial charge in [-0.05, 0) is 35.4 Å². The van der Waals surface area contributed by atoms with E-state index in [-0.39, 0.29) is 24.3 Å². The molecule has 3 aromatic rings. The van der Waals surface area contributed by atoms with Crippen LogP contribution in [-0.4, -0.2) is 46.6 Å². The number of rotatable bonds is 7. The highest BCUT2D eigenvalue weighted by Gasteiger charge is 2.30. The second-order valence-electron chi connectivity index (χ2n) is 7.52. The van der Waals surface area contributed by atoms with Crippen LogP contribution in [0, 0.1) is 5.82 Å². The van der Waals surface area contributed by atoms with Gasteiger partial charge < -0.3 is 15.3 Å². The third-order valence-electron chi connectivity index (χ3n) is 5.31. The Labute approximate surface area is 185 Å². The van der Waals surface area contributed by atoms with Gasteiger partial charge in [0.25, 0.3) is 5.91 Å². The van der Waals surface area contributed by atoms with Gasteiger partial charge in [0.1, 0.15) is 11.6 Å². The van der Waals surface area contributed by atoms with E-state index in [1.54, 1.807) is 41.3 Å². The van der Waals surface area contributed by atoms with Gasteiger partial charge in [-0.25, -0.2) is 14.2 Å². The van der Waals surface area contributed by atoms with Crippen LogP contribution in [0.5, 0.6) is 0 Å². The Hall–Kier alpha value is -3.78. The van der Waals surface area contributed by atoms with E-state index in [0.717, 1.165) is 5.56 Å². The number of halogens is 1. The van der Waals surface area contributed by atoms with Gasteiger partial charge in [-0.3, -0.25) is 9.69 Å². The third kappa shape index (κ3) is 4.92. The smallest absolute Gasteiger partial charge is 0.326 e. The highest BCUT2D eigenvalue weighted by atomic mass is 19.1. The van der Waals surface area contributed by atoms with Gasteiger partial charge in [-0.15, -0.1) is 0 Å². The zero-order chi connectivity index (χ0) is 22.5. The monoisotopic (exact) mass is 434 g/mol. The van der Waals surface area contributed by atoms with E-state index < -0.39 is 6.10 Å². The van der Waals surface area contributed by atoms with Crippen molar-refractivity contribution in [3.8, 4) is 0 Å². The van der Waals surface area contributed by atoms with E-state index in [4.69, 9.17) is 0 Å². The number of carbonyl (C=O) groups excluding carboxylic acids is 2. The van der Waals surface area contributed by atoms with Crippen LogP contribution in [0.15, 0.2) is 72.9 Å². The fourth-order valence-electron chi connectivity index (χ4n) is 3.54. The lowest BCUT2D eigenvalue weighted by molar-refractivity contribution is 0.0916. The zero-order valence-corrected chi connectivity index (χ0v) is 17.3. The molecule has 0 spiro atoms. The topological polar surface area (TPSA) is 85.8 Å². The minimum Gasteiger partial charge on any atom is -0.387 e. The maximum atomic E-state index is 13.1. The van der Waals surface area contributed by atoms with Crippen molar-refractivity contribution in [3.05, 3.63) is 95.4 Å². The number of anilines is 1. The van der Waals surface area contributed by atoms with Gasteiger partial charge in [-0.2, -0.15) is 0 Å². The lowest BCUT2D eigenvalue weighted by atomic mass is 10.1. The summed E-state index contributed by atoms with van der Waals surface area (Å²) in [6.45, 7) is 1.37. The molecular weight excluding hydrogens is 411 g/mol. The first kappa shape index (κ1) is 21.5. The van der Waals surface area contributed by atoms with Gasteiger partial charge in [0, 0.05) is 37.9 Å². The normalized spacial score (nSPS) is 14.5. The second kappa shape index (κ2) is 9.57. The predicted molar refractivity (Wildman–Crippen MR) is 118 cm³/mol. The highest BCUT2D eigenvalue weighted by Crippen LogP contribution is 2.21. The molecule has 8 heteroatoms. The Bertz CT molecular complexity index is 1090. The second-order valence-corrected chi connectivity index (χ2v) is 7.52. The number of aromatic nitrogens is 1. The highest BCUT2D eigenvalue weighted by molar-refractivity contribution is 5.97. The summed E-state index contributed by atoms with van der Waals surface area (Å²) in [5.41, 5.74) is 1.90. The number of hydrogen-bond donors (Lipinski definition) is 2. The van der Waals surface area contributed by atoms with Crippen molar-refractivity contribution in [3.63, 3.8) is 0 Å². The molecule has 2 N–H and O–H groups in total. The molecule has 164 valence electrons. The van der Waals surface area contributed by atoms with Crippen molar-refractivity contribution in [2.24, 2.45) is 0 Å². The van der Waals surface area contributed by atoms with Gasteiger partial charge in [0.2, 0.25) is 0 Å². The largest absolute Gasteiger partial charge is 0.387 e. The summed E-state index contributed by atoms with van der Waals surface area (Å²) in [6, 6.07) is 18.0. The van der Waals surface area contributed by atoms with Crippen LogP contribution in [0.3, 0.4) is 0 Å². The quantitative estimate of drug-likeness (QED) is 0.598. The molecule has 32 heavy (non-hydrogen) atoms. The van der Waals surface area contributed by atoms with Gasteiger partial charge in [0.05, 0.1) is 6.10 Å². The Morgan fingerprint density at radius 3 is 2.59 bits per heavy atom. The van der Waals surface area contributed by atoms with Crippen LogP contribution >= 0.6 is 0 Å². The van der Waals surface area contributed by atoms with E-state index in [0.29, 0.717) is 36.6 Å². The van der Waals surface area contributed by atoms with Crippen molar-refractivity contribution >= 4 is 17.8 Å². The van der Waals surface area contributed by atoms with E-state index in [2.05, 4.69) is 10.3 Å². The average molecular weight is 434 g/mol. The number of hydrogen-bond acceptors (Lipinski definition) is 4. The molecule has 2 aromatic carbocycles. The Morgan fingerprint density at radius 1 is 1.09 bits per heavy atom. The fraction of sp³-hybridized carbons (Fsp3) is 0.208. The number of carbonyl (C=O) groups is 2. The summed E-state index contributed by atoms with van der Waals surface area (Å²) in [7, 11) is 0. The number of urea groups is 1. The van der Waals surface area contributed by atoms with Crippen molar-refractivity contribution in [1.29, 1.82) is 0 Å². The summed E-state index contributed by atoms with van der Waals surface area (Å²) in [5.74, 6) is -0.301. The molecule has 0 saturated carbocycles. The lowest BCUT2D eigenvalue weighted by Crippen LogP contribution is -2.32. The molecule has 1 aromatic heterocycles. The number of aliphatic hydroxyl groups excluding tert-OH is 1. The molecule has 7 nitrogen and oxygen atoms in total. The molecule has 1 atom stereocenters. The van der Waals surface area contributed by atoms with Crippen LogP contribution in [-0.2, 0) is 6.54 Å². The molecule has 2 heterocycles. The van der Waals surface area contributed by atoms with Gasteiger partial charge in [-0.1, -0.05) is 42.5 Å². The maximum Gasteiger partial charge on any atom is 0.326 e. The summed E-state index contributed by atoms with van der Waals surface area (Å²) < 4.78 is 13.1. The molecule has 4 rings (SSSR count). The first-order valence-electron chi connectivity index (χ1n) is 10.3. The van der Waals surface area contributed by atoms with Crippen LogP contribution in [0.1, 0.15) is 27.6 Å². The Morgan fingerprint density at radius 2 is 1.84 bits per heavy atom. The minimum absolute atomic E-state index is 0.0641. The molecule has 0 aliphatic carbocycles. The predicted octanol–water partition coefficient (Wildman–Crippen LogP) is 3.13. The first-order valence-corrected chi connectivity index (χ1v) is 10.3. The molecular formula is C24H23FN4O3. The summed E-state index contributed by atoms with van der Waals surface area (Å²) in [6.07, 6.45) is 0.662. The van der Waals surface area contributed by atoms with E-state index in [1.807, 2.05) is 18.2 Å². The number of aliphatic hydroxyl groups is 1. The van der Waals surface area contributed by atoms with E-state index in [9.17, 15) is 19.1 Å². The molecule has 1 unspecified atom stereocenters. The standard InChI is InChI=1S/C24H23FN4O3/c25-20-8-6-17(7-9-20)16-28-12-13-29(24(28)32)22-14-19(10-11-26-22)23(31)27-15-21(30)18-4-2-1-3-5-18/h1-11,14,21,30H,12-13,15-16H2,(H,27,31). The van der Waals surface area contributed by atoms with E-state index in [1.165, 1.54) is 23.2 Å². The number of benzene rings is 2. The SMILES string of the molecule is O=C(NCC(O)c1ccccc1)c1ccnc(N2CCN(Cc3ccc(F)cc3)C2=O)c1. The molecule has 3 amide bonds. The van der Waals surface area contributed by atoms with Crippen LogP contribution in [0.25, 0.3) is 0 Å². The van der Waals surface area contributed by atoms with Crippen LogP contribution < -0.4 is 10.2 Å². The molecule has 1 saturated heterocycles. The van der Waals surface area contributed by atoms with Gasteiger partial charge in [0.15, 0.2) is 0 Å². The van der Waals surface area contributed by atoms with Gasteiger partial charge >= 0.3 is 6.03 Å². The average Bonchev–Trinajstić information content (AvgIpc) is 3.19. The van der Waals surface area contributed by atoms with Crippen molar-refractivity contribution < 1.29 is 19.1 Å². The Balaban J connectivity index is 1.38. The fourth-order valence-corrected chi connectivity index (χ4v) is 3.54. The van der Waals surface area contributed by atoms with Crippen molar-refractivity contribution in [1.82, 2.24) is 15.2 Å². The molecule has 0 radical (unpaired) electrons. The zero-order valence-electron chi connectivity index (χ0n) is 17.3. The molecule has 1 aliphatic heterocycles. The number of amides is 3. The molecule has 1 aliphatic rings. The molecule has 0 bridgehead atoms. The molecule has 1 fully saturated rings. The maximum absolute atomic E-state index is 13.1. The number of pyridine rings is 1. The Kier molecular flexibility index (Phi) is 6.42. The van der Waals surface area contributed by atoms with E-state index >= 15 is 0 Å². The summed E-state index contributed by atoms with van der Waals surface area (Å²) in [4.78, 5) is 32.8. The third-order valence-corrected chi connectivity index (χ3v) is 5.31. The lowest BCUT2D eigenvalue weighted by Gasteiger charge is -2.18. The van der Waals surface area contributed by atoms with Crippen molar-refractivity contribution in [2.75, 3.05) is 24.5 Å². The van der Waals surface area contributed by atoms with Crippen LogP contribution in [0.4, 0.5) is 15.0 Å². The number of nitrogens with zero attached hydrogens (tertiary/aromatic N) is 3. The number of nitrogens with one attached hydrogen (secondary N) is 1. The summed E-state index contributed by atoms with van der Waals surface area (Å²) >= 11 is 0. The summed E-state index contributed by atoms with van der Waals surface area (Å²) in [5, 5.41) is 12.9. The first-order chi connectivity index (χ1) is 15.5. The van der Waals surface area contributed by atoms with Crippen LogP contribution in [0.2, 0.25) is 0 Å². The van der Waals surface area contributed by atoms with Crippen molar-refractivity contribution in [2.45, 2.75) is 12.6 Å².